The third-order valence-electron chi connectivity index (χ3n) is 1.28. The average Bonchev–Trinajstić information content (AvgIpc) is 2.10. The van der Waals surface area contributed by atoms with Crippen LogP contribution >= 0.6 is 0 Å². The van der Waals surface area contributed by atoms with Crippen molar-refractivity contribution in [2.75, 3.05) is 7.05 Å². The first-order valence-electron chi connectivity index (χ1n) is 3.27. The van der Waals surface area contributed by atoms with Gasteiger partial charge in [-0.05, 0) is 6.07 Å². The van der Waals surface area contributed by atoms with E-state index in [0.29, 0.717) is 11.5 Å². The van der Waals surface area contributed by atoms with Gasteiger partial charge in [0.05, 0.1) is 0 Å². The van der Waals surface area contributed by atoms with Crippen LogP contribution in [0, 0.1) is 0 Å². The van der Waals surface area contributed by atoms with E-state index in [-0.39, 0.29) is 5.56 Å². The van der Waals surface area contributed by atoms with Crippen LogP contribution in [0.2, 0.25) is 0 Å². The van der Waals surface area contributed by atoms with Crippen molar-refractivity contribution in [2.24, 2.45) is 10.8 Å². The maximum absolute atomic E-state index is 10.6. The first-order valence-corrected chi connectivity index (χ1v) is 3.27. The van der Waals surface area contributed by atoms with Crippen molar-refractivity contribution < 1.29 is 0 Å². The molecule has 0 fully saturated rings. The third-order valence-corrected chi connectivity index (χ3v) is 1.28. The van der Waals surface area contributed by atoms with Crippen LogP contribution in [0.15, 0.2) is 21.9 Å². The smallest absolute Gasteiger partial charge is 0.264 e. The Morgan fingerprint density at radius 3 is 2.92 bits per heavy atom. The Labute approximate surface area is 68.5 Å². The van der Waals surface area contributed by atoms with Gasteiger partial charge in [-0.25, -0.2) is 10.9 Å². The number of aromatic nitrogens is 2. The highest BCUT2D eigenvalue weighted by atomic mass is 16.1. The highest BCUT2D eigenvalue weighted by Gasteiger charge is 2.00. The molecular weight excluding hydrogens is 158 g/mol. The molecule has 0 atom stereocenters. The van der Waals surface area contributed by atoms with Crippen molar-refractivity contribution in [1.29, 1.82) is 0 Å². The Morgan fingerprint density at radius 2 is 2.50 bits per heavy atom. The van der Waals surface area contributed by atoms with Crippen molar-refractivity contribution in [1.82, 2.24) is 15.6 Å². The number of aromatic amines is 1. The summed E-state index contributed by atoms with van der Waals surface area (Å²) < 4.78 is 0. The van der Waals surface area contributed by atoms with Crippen molar-refractivity contribution in [2.45, 2.75) is 0 Å². The zero-order valence-corrected chi connectivity index (χ0v) is 6.53. The molecule has 0 radical (unpaired) electrons. The molecule has 0 amide bonds. The molecular formula is C6H9N5O. The molecule has 0 aliphatic carbocycles. The summed E-state index contributed by atoms with van der Waals surface area (Å²) in [5.74, 6) is 5.56. The van der Waals surface area contributed by atoms with Crippen molar-refractivity contribution in [3.63, 3.8) is 0 Å². The van der Waals surface area contributed by atoms with E-state index in [4.69, 9.17) is 5.84 Å². The van der Waals surface area contributed by atoms with Crippen LogP contribution in [0.3, 0.4) is 0 Å². The van der Waals surface area contributed by atoms with Gasteiger partial charge in [-0.1, -0.05) is 0 Å². The molecule has 0 spiro atoms. The zero-order chi connectivity index (χ0) is 8.97. The second-order valence-electron chi connectivity index (χ2n) is 2.02. The molecule has 4 N–H and O–H groups in total. The molecule has 1 aromatic rings. The molecule has 1 heterocycles. The minimum absolute atomic E-state index is 0.258. The Morgan fingerprint density at radius 1 is 1.75 bits per heavy atom. The predicted octanol–water partition coefficient (Wildman–Crippen LogP) is -1.39. The lowest BCUT2D eigenvalue weighted by atomic mass is 10.4. The zero-order valence-electron chi connectivity index (χ0n) is 6.53. The first-order chi connectivity index (χ1) is 5.77. The average molecular weight is 167 g/mol. The molecule has 0 saturated heterocycles. The molecule has 0 aliphatic heterocycles. The number of H-pyrrole nitrogens is 1. The normalized spacial score (nSPS) is 11.3. The minimum atomic E-state index is -0.258. The fourth-order valence-corrected chi connectivity index (χ4v) is 0.729. The fourth-order valence-electron chi connectivity index (χ4n) is 0.729. The third kappa shape index (κ3) is 1.67. The Bertz CT molecular complexity index is 322. The van der Waals surface area contributed by atoms with Gasteiger partial charge >= 0.3 is 0 Å². The minimum Gasteiger partial charge on any atom is -0.307 e. The molecule has 64 valence electrons. The number of hydrogen-bond acceptors (Lipinski definition) is 4. The quantitative estimate of drug-likeness (QED) is 0.207. The van der Waals surface area contributed by atoms with E-state index in [2.05, 4.69) is 20.6 Å². The number of nitrogens with two attached hydrogens (primary N) is 1. The number of nitrogens with zero attached hydrogens (tertiary/aromatic N) is 2. The number of amidine groups is 1. The summed E-state index contributed by atoms with van der Waals surface area (Å²) >= 11 is 0. The number of aliphatic imine (C=N–C) groups is 1. The summed E-state index contributed by atoms with van der Waals surface area (Å²) in [5.41, 5.74) is 2.59. The van der Waals surface area contributed by atoms with Gasteiger partial charge in [0.15, 0.2) is 5.84 Å². The second-order valence-corrected chi connectivity index (χ2v) is 2.02. The highest BCUT2D eigenvalue weighted by Crippen LogP contribution is 1.87. The number of hydrogen-bond donors (Lipinski definition) is 3. The van der Waals surface area contributed by atoms with Crippen LogP contribution in [0.1, 0.15) is 5.69 Å². The van der Waals surface area contributed by atoms with E-state index in [9.17, 15) is 4.79 Å². The summed E-state index contributed by atoms with van der Waals surface area (Å²) in [6, 6.07) is 2.88. The van der Waals surface area contributed by atoms with Gasteiger partial charge in [0, 0.05) is 13.1 Å². The Balaban J connectivity index is 3.04. The van der Waals surface area contributed by atoms with Crippen LogP contribution in [0.25, 0.3) is 0 Å². The first kappa shape index (κ1) is 8.41. The summed E-state index contributed by atoms with van der Waals surface area (Å²) in [6.45, 7) is 0. The second kappa shape index (κ2) is 3.63. The van der Waals surface area contributed by atoms with Crippen LogP contribution in [0.4, 0.5) is 0 Å². The van der Waals surface area contributed by atoms with Gasteiger partial charge < -0.3 is 5.43 Å². The summed E-state index contributed by atoms with van der Waals surface area (Å²) in [6.07, 6.45) is 0. The molecule has 1 aromatic heterocycles. The van der Waals surface area contributed by atoms with E-state index in [0.717, 1.165) is 0 Å². The molecule has 6 heteroatoms. The Kier molecular flexibility index (Phi) is 2.54. The molecule has 0 unspecified atom stereocenters. The van der Waals surface area contributed by atoms with Gasteiger partial charge in [0.1, 0.15) is 5.69 Å². The van der Waals surface area contributed by atoms with E-state index >= 15 is 0 Å². The van der Waals surface area contributed by atoms with Crippen molar-refractivity contribution in [3.05, 3.63) is 28.2 Å². The van der Waals surface area contributed by atoms with Gasteiger partial charge in [-0.3, -0.25) is 9.79 Å². The molecule has 0 bridgehead atoms. The number of hydrazine groups is 1. The van der Waals surface area contributed by atoms with E-state index in [1.807, 2.05) is 0 Å². The largest absolute Gasteiger partial charge is 0.307 e. The lowest BCUT2D eigenvalue weighted by molar-refractivity contribution is 0.941. The van der Waals surface area contributed by atoms with Crippen molar-refractivity contribution >= 4 is 5.84 Å². The highest BCUT2D eigenvalue weighted by molar-refractivity contribution is 5.96. The van der Waals surface area contributed by atoms with Crippen LogP contribution in [-0.4, -0.2) is 23.1 Å². The van der Waals surface area contributed by atoms with E-state index in [1.165, 1.54) is 12.1 Å². The molecule has 6 nitrogen and oxygen atoms in total. The van der Waals surface area contributed by atoms with Crippen LogP contribution in [0.5, 0.6) is 0 Å². The maximum Gasteiger partial charge on any atom is 0.264 e. The molecule has 0 aromatic carbocycles. The van der Waals surface area contributed by atoms with E-state index in [1.54, 1.807) is 7.05 Å². The lowest BCUT2D eigenvalue weighted by Crippen LogP contribution is -2.32. The van der Waals surface area contributed by atoms with Gasteiger partial charge in [0.25, 0.3) is 5.56 Å². The van der Waals surface area contributed by atoms with Gasteiger partial charge in [-0.15, -0.1) is 0 Å². The maximum atomic E-state index is 10.6. The molecule has 0 aliphatic rings. The van der Waals surface area contributed by atoms with Crippen LogP contribution < -0.4 is 16.8 Å². The predicted molar refractivity (Wildman–Crippen MR) is 44.6 cm³/mol. The SMILES string of the molecule is CN=C(NN)c1ccc(=O)[nH]n1. The molecule has 1 rings (SSSR count). The number of nitrogens with one attached hydrogen (secondary N) is 2. The summed E-state index contributed by atoms with van der Waals surface area (Å²) in [4.78, 5) is 14.4. The Hall–Kier alpha value is -1.69. The van der Waals surface area contributed by atoms with Gasteiger partial charge in [0.2, 0.25) is 0 Å². The van der Waals surface area contributed by atoms with Gasteiger partial charge in [-0.2, -0.15) is 5.10 Å². The molecule has 12 heavy (non-hydrogen) atoms. The van der Waals surface area contributed by atoms with Crippen molar-refractivity contribution in [3.8, 4) is 0 Å². The van der Waals surface area contributed by atoms with Crippen LogP contribution in [-0.2, 0) is 0 Å². The summed E-state index contributed by atoms with van der Waals surface area (Å²) in [5, 5.41) is 5.98. The molecule has 0 saturated carbocycles. The summed E-state index contributed by atoms with van der Waals surface area (Å²) in [7, 11) is 1.57. The lowest BCUT2D eigenvalue weighted by Gasteiger charge is -2.00. The standard InChI is InChI=1S/C6H9N5O/c1-8-6(9-7)4-2-3-5(12)11-10-4/h2-3H,7H2,1H3,(H,8,9)(H,11,12). The van der Waals surface area contributed by atoms with E-state index < -0.39 is 0 Å². The fraction of sp³-hybridized carbons (Fsp3) is 0.167. The topological polar surface area (TPSA) is 96.2 Å². The monoisotopic (exact) mass is 167 g/mol. The number of rotatable bonds is 1.